The van der Waals surface area contributed by atoms with Crippen molar-refractivity contribution in [2.75, 3.05) is 6.54 Å². The number of nitrogens with zero attached hydrogens (tertiary/aromatic N) is 3. The van der Waals surface area contributed by atoms with E-state index in [1.54, 1.807) is 24.4 Å². The van der Waals surface area contributed by atoms with E-state index in [0.717, 1.165) is 11.1 Å². The molecule has 0 saturated heterocycles. The van der Waals surface area contributed by atoms with Gasteiger partial charge in [0.1, 0.15) is 28.6 Å². The van der Waals surface area contributed by atoms with Gasteiger partial charge in [0, 0.05) is 12.7 Å². The Labute approximate surface area is 192 Å². The third kappa shape index (κ3) is 5.18. The molecule has 3 aromatic rings. The van der Waals surface area contributed by atoms with Crippen LogP contribution in [-0.4, -0.2) is 21.8 Å². The van der Waals surface area contributed by atoms with Crippen molar-refractivity contribution in [2.24, 2.45) is 0 Å². The fraction of sp³-hybridized carbons (Fsp3) is 0.231. The number of nitriles is 1. The molecule has 168 valence electrons. The molecular formula is C26H26N4O3. The summed E-state index contributed by atoms with van der Waals surface area (Å²) in [5, 5.41) is 12.1. The molecule has 0 unspecified atom stereocenters. The lowest BCUT2D eigenvalue weighted by Crippen LogP contribution is -2.25. The molecule has 1 amide bonds. The van der Waals surface area contributed by atoms with Gasteiger partial charge in [-0.2, -0.15) is 10.2 Å². The number of fused-ring (bicyclic) bond motifs is 1. The highest BCUT2D eigenvalue weighted by atomic mass is 16.5. The second-order valence-corrected chi connectivity index (χ2v) is 8.57. The summed E-state index contributed by atoms with van der Waals surface area (Å²) in [6, 6.07) is 12.9. The molecule has 0 fully saturated rings. The van der Waals surface area contributed by atoms with Crippen molar-refractivity contribution >= 4 is 17.6 Å². The summed E-state index contributed by atoms with van der Waals surface area (Å²) in [5.41, 5.74) is 1.62. The van der Waals surface area contributed by atoms with Crippen LogP contribution < -0.4 is 15.6 Å². The average Bonchev–Trinajstić information content (AvgIpc) is 2.78. The Morgan fingerprint density at radius 3 is 2.58 bits per heavy atom. The molecule has 0 aliphatic carbocycles. The molecule has 1 N–H and O–H groups in total. The quantitative estimate of drug-likeness (QED) is 0.349. The van der Waals surface area contributed by atoms with Crippen molar-refractivity contribution in [2.45, 2.75) is 33.1 Å². The lowest BCUT2D eigenvalue weighted by Gasteiger charge is -2.19. The standard InChI is InChI=1S/C26H26N4O3/c1-6-13-28-23(31)18(16-27)15-21-24(29-22-17(2)8-7-14-30(22)25(21)32)33-20-11-9-19(10-12-20)26(3,4)5/h6-12,14-15H,1,13H2,2-5H3,(H,28,31)/b18-15+. The van der Waals surface area contributed by atoms with Crippen molar-refractivity contribution in [1.29, 1.82) is 5.26 Å². The first-order chi connectivity index (χ1) is 15.7. The zero-order chi connectivity index (χ0) is 24.2. The van der Waals surface area contributed by atoms with Crippen molar-refractivity contribution in [1.82, 2.24) is 14.7 Å². The van der Waals surface area contributed by atoms with Gasteiger partial charge in [-0.25, -0.2) is 0 Å². The smallest absolute Gasteiger partial charge is 0.269 e. The molecule has 0 atom stereocenters. The summed E-state index contributed by atoms with van der Waals surface area (Å²) in [6.07, 6.45) is 4.29. The largest absolute Gasteiger partial charge is 0.438 e. The molecule has 0 aliphatic rings. The number of ether oxygens (including phenoxy) is 1. The van der Waals surface area contributed by atoms with Crippen LogP contribution in [0.4, 0.5) is 0 Å². The Kier molecular flexibility index (Phi) is 6.78. The van der Waals surface area contributed by atoms with Gasteiger partial charge in [0.05, 0.1) is 0 Å². The van der Waals surface area contributed by atoms with Crippen LogP contribution in [-0.2, 0) is 10.2 Å². The van der Waals surface area contributed by atoms with E-state index < -0.39 is 11.5 Å². The van der Waals surface area contributed by atoms with E-state index in [0.29, 0.717) is 11.4 Å². The second kappa shape index (κ2) is 9.53. The lowest BCUT2D eigenvalue weighted by atomic mass is 9.87. The van der Waals surface area contributed by atoms with E-state index in [2.05, 4.69) is 37.7 Å². The van der Waals surface area contributed by atoms with Gasteiger partial charge in [0.15, 0.2) is 0 Å². The maximum Gasteiger partial charge on any atom is 0.269 e. The minimum Gasteiger partial charge on any atom is -0.438 e. The third-order valence-electron chi connectivity index (χ3n) is 5.04. The molecule has 2 heterocycles. The SMILES string of the molecule is C=CCNC(=O)/C(C#N)=C/c1c(Oc2ccc(C(C)(C)C)cc2)nc2c(C)cccn2c1=O. The monoisotopic (exact) mass is 442 g/mol. The van der Waals surface area contributed by atoms with Gasteiger partial charge in [-0.15, -0.1) is 6.58 Å². The summed E-state index contributed by atoms with van der Waals surface area (Å²) in [5.74, 6) is -0.120. The topological polar surface area (TPSA) is 96.5 Å². The fourth-order valence-electron chi connectivity index (χ4n) is 3.18. The Morgan fingerprint density at radius 2 is 1.97 bits per heavy atom. The van der Waals surface area contributed by atoms with E-state index >= 15 is 0 Å². The predicted molar refractivity (Wildman–Crippen MR) is 128 cm³/mol. The zero-order valence-corrected chi connectivity index (χ0v) is 19.2. The number of benzene rings is 1. The van der Waals surface area contributed by atoms with E-state index in [1.807, 2.05) is 31.2 Å². The van der Waals surface area contributed by atoms with Crippen molar-refractivity contribution in [3.05, 3.63) is 87.9 Å². The summed E-state index contributed by atoms with van der Waals surface area (Å²) < 4.78 is 7.37. The number of nitrogens with one attached hydrogen (secondary N) is 1. The minimum atomic E-state index is -0.619. The normalized spacial score (nSPS) is 11.7. The molecule has 3 rings (SSSR count). The van der Waals surface area contributed by atoms with Gasteiger partial charge in [-0.3, -0.25) is 14.0 Å². The minimum absolute atomic E-state index is 0.00306. The second-order valence-electron chi connectivity index (χ2n) is 8.57. The van der Waals surface area contributed by atoms with Crippen LogP contribution in [0, 0.1) is 18.3 Å². The summed E-state index contributed by atoms with van der Waals surface area (Å²) >= 11 is 0. The molecule has 7 nitrogen and oxygen atoms in total. The van der Waals surface area contributed by atoms with Crippen molar-refractivity contribution in [3.63, 3.8) is 0 Å². The fourth-order valence-corrected chi connectivity index (χ4v) is 3.18. The van der Waals surface area contributed by atoms with E-state index in [-0.39, 0.29) is 29.0 Å². The molecule has 0 bridgehead atoms. The van der Waals surface area contributed by atoms with Crippen LogP contribution in [0.5, 0.6) is 11.6 Å². The molecule has 0 aliphatic heterocycles. The van der Waals surface area contributed by atoms with Crippen LogP contribution in [0.15, 0.2) is 65.6 Å². The molecular weight excluding hydrogens is 416 g/mol. The summed E-state index contributed by atoms with van der Waals surface area (Å²) in [4.78, 5) is 30.2. The summed E-state index contributed by atoms with van der Waals surface area (Å²) in [7, 11) is 0. The number of carbonyl (C=O) groups is 1. The molecule has 0 saturated carbocycles. The Morgan fingerprint density at radius 1 is 1.27 bits per heavy atom. The average molecular weight is 443 g/mol. The van der Waals surface area contributed by atoms with Gasteiger partial charge in [-0.05, 0) is 47.7 Å². The maximum absolute atomic E-state index is 13.3. The van der Waals surface area contributed by atoms with Gasteiger partial charge in [-0.1, -0.05) is 45.0 Å². The molecule has 33 heavy (non-hydrogen) atoms. The number of hydrogen-bond donors (Lipinski definition) is 1. The van der Waals surface area contributed by atoms with Crippen LogP contribution >= 0.6 is 0 Å². The lowest BCUT2D eigenvalue weighted by molar-refractivity contribution is -0.116. The van der Waals surface area contributed by atoms with E-state index in [1.165, 1.54) is 16.6 Å². The molecule has 0 radical (unpaired) electrons. The summed E-state index contributed by atoms with van der Waals surface area (Å²) in [6.45, 7) is 11.9. The van der Waals surface area contributed by atoms with Crippen LogP contribution in [0.1, 0.15) is 37.5 Å². The number of carbonyl (C=O) groups excluding carboxylic acids is 1. The number of aromatic nitrogens is 2. The van der Waals surface area contributed by atoms with E-state index in [9.17, 15) is 14.9 Å². The Bertz CT molecular complexity index is 1340. The number of pyridine rings is 1. The zero-order valence-electron chi connectivity index (χ0n) is 19.2. The van der Waals surface area contributed by atoms with E-state index in [4.69, 9.17) is 4.74 Å². The Hall–Kier alpha value is -4.18. The predicted octanol–water partition coefficient (Wildman–Crippen LogP) is 4.30. The number of hydrogen-bond acceptors (Lipinski definition) is 5. The van der Waals surface area contributed by atoms with Gasteiger partial charge < -0.3 is 10.1 Å². The Balaban J connectivity index is 2.16. The molecule has 1 aromatic carbocycles. The first-order valence-electron chi connectivity index (χ1n) is 10.5. The van der Waals surface area contributed by atoms with Gasteiger partial charge in [0.2, 0.25) is 5.88 Å². The number of aryl methyl sites for hydroxylation is 1. The highest BCUT2D eigenvalue weighted by molar-refractivity contribution is 6.02. The van der Waals surface area contributed by atoms with Crippen LogP contribution in [0.25, 0.3) is 11.7 Å². The van der Waals surface area contributed by atoms with Crippen LogP contribution in [0.3, 0.4) is 0 Å². The molecule has 0 spiro atoms. The first kappa shape index (κ1) is 23.5. The van der Waals surface area contributed by atoms with Crippen molar-refractivity contribution in [3.8, 4) is 17.7 Å². The maximum atomic E-state index is 13.3. The third-order valence-corrected chi connectivity index (χ3v) is 5.04. The van der Waals surface area contributed by atoms with Gasteiger partial charge in [0.25, 0.3) is 11.5 Å². The highest BCUT2D eigenvalue weighted by Crippen LogP contribution is 2.28. The molecule has 7 heteroatoms. The van der Waals surface area contributed by atoms with Crippen molar-refractivity contribution < 1.29 is 9.53 Å². The number of rotatable bonds is 6. The first-order valence-corrected chi connectivity index (χ1v) is 10.5. The molecule has 2 aromatic heterocycles. The van der Waals surface area contributed by atoms with Crippen LogP contribution in [0.2, 0.25) is 0 Å². The number of amides is 1. The van der Waals surface area contributed by atoms with Gasteiger partial charge >= 0.3 is 0 Å². The highest BCUT2D eigenvalue weighted by Gasteiger charge is 2.18.